The lowest BCUT2D eigenvalue weighted by atomic mass is 9.93. The number of carbonyl (C=O) groups is 1. The van der Waals surface area contributed by atoms with Crippen LogP contribution in [0.5, 0.6) is 0 Å². The molecule has 0 radical (unpaired) electrons. The maximum Gasteiger partial charge on any atom is 0.303 e. The van der Waals surface area contributed by atoms with Crippen molar-refractivity contribution < 1.29 is 9.90 Å². The number of aliphatic carboxylic acids is 1. The first-order valence-electron chi connectivity index (χ1n) is 6.26. The Morgan fingerprint density at radius 3 is 2.74 bits per heavy atom. The first-order chi connectivity index (χ1) is 9.10. The third-order valence-electron chi connectivity index (χ3n) is 3.50. The molecule has 0 bridgehead atoms. The number of benzene rings is 1. The molecular weight excluding hydrogens is 264 g/mol. The fourth-order valence-corrected chi connectivity index (χ4v) is 2.65. The normalized spacial score (nSPS) is 16.1. The van der Waals surface area contributed by atoms with Gasteiger partial charge in [-0.05, 0) is 37.0 Å². The van der Waals surface area contributed by atoms with Crippen LogP contribution in [0, 0.1) is 17.2 Å². The van der Waals surface area contributed by atoms with Gasteiger partial charge in [-0.2, -0.15) is 5.26 Å². The Hall–Kier alpha value is -1.73. The van der Waals surface area contributed by atoms with Gasteiger partial charge in [0, 0.05) is 24.5 Å². The molecule has 1 aliphatic rings. The molecule has 1 fully saturated rings. The second-order valence-corrected chi connectivity index (χ2v) is 5.24. The predicted molar refractivity (Wildman–Crippen MR) is 73.4 cm³/mol. The number of carboxylic acid groups (broad SMARTS) is 1. The van der Waals surface area contributed by atoms with Crippen LogP contribution in [0.25, 0.3) is 0 Å². The van der Waals surface area contributed by atoms with Crippen LogP contribution < -0.4 is 4.90 Å². The highest BCUT2D eigenvalue weighted by atomic mass is 35.5. The van der Waals surface area contributed by atoms with E-state index in [2.05, 4.69) is 11.0 Å². The largest absolute Gasteiger partial charge is 0.481 e. The van der Waals surface area contributed by atoms with Crippen molar-refractivity contribution in [2.24, 2.45) is 5.92 Å². The van der Waals surface area contributed by atoms with Gasteiger partial charge in [0.1, 0.15) is 6.07 Å². The number of piperidine rings is 1. The Balaban J connectivity index is 2.07. The van der Waals surface area contributed by atoms with Crippen molar-refractivity contribution in [1.82, 2.24) is 0 Å². The second-order valence-electron chi connectivity index (χ2n) is 4.80. The SMILES string of the molecule is N#Cc1ccc(Cl)cc1N1CCC(CC(=O)O)CC1. The Morgan fingerprint density at radius 2 is 2.16 bits per heavy atom. The average molecular weight is 279 g/mol. The van der Waals surface area contributed by atoms with Gasteiger partial charge in [0.25, 0.3) is 0 Å². The van der Waals surface area contributed by atoms with E-state index in [0.29, 0.717) is 10.6 Å². The third-order valence-corrected chi connectivity index (χ3v) is 3.73. The van der Waals surface area contributed by atoms with Gasteiger partial charge in [-0.3, -0.25) is 4.79 Å². The zero-order chi connectivity index (χ0) is 13.8. The van der Waals surface area contributed by atoms with E-state index in [9.17, 15) is 4.79 Å². The van der Waals surface area contributed by atoms with E-state index in [0.717, 1.165) is 31.6 Å². The minimum Gasteiger partial charge on any atom is -0.481 e. The summed E-state index contributed by atoms with van der Waals surface area (Å²) in [7, 11) is 0. The molecule has 1 aromatic rings. The van der Waals surface area contributed by atoms with Crippen LogP contribution in [0.2, 0.25) is 5.02 Å². The van der Waals surface area contributed by atoms with Gasteiger partial charge >= 0.3 is 5.97 Å². The molecule has 1 heterocycles. The van der Waals surface area contributed by atoms with Gasteiger partial charge in [-0.15, -0.1) is 0 Å². The molecule has 19 heavy (non-hydrogen) atoms. The number of nitriles is 1. The van der Waals surface area contributed by atoms with E-state index < -0.39 is 5.97 Å². The lowest BCUT2D eigenvalue weighted by Gasteiger charge is -2.33. The van der Waals surface area contributed by atoms with E-state index in [1.807, 2.05) is 0 Å². The average Bonchev–Trinajstić information content (AvgIpc) is 2.39. The van der Waals surface area contributed by atoms with Crippen LogP contribution in [0.15, 0.2) is 18.2 Å². The second kappa shape index (κ2) is 5.94. The minimum absolute atomic E-state index is 0.231. The molecule has 0 saturated carbocycles. The van der Waals surface area contributed by atoms with Gasteiger partial charge in [-0.25, -0.2) is 0 Å². The molecule has 1 saturated heterocycles. The molecule has 0 aliphatic carbocycles. The molecule has 2 rings (SSSR count). The monoisotopic (exact) mass is 278 g/mol. The minimum atomic E-state index is -0.737. The third kappa shape index (κ3) is 3.39. The van der Waals surface area contributed by atoms with Crippen LogP contribution in [0.4, 0.5) is 5.69 Å². The van der Waals surface area contributed by atoms with Crippen LogP contribution in [0.3, 0.4) is 0 Å². The molecule has 0 atom stereocenters. The number of carboxylic acids is 1. The number of hydrogen-bond acceptors (Lipinski definition) is 3. The maximum absolute atomic E-state index is 10.7. The van der Waals surface area contributed by atoms with Crippen molar-refractivity contribution in [3.05, 3.63) is 28.8 Å². The number of nitrogens with zero attached hydrogens (tertiary/aromatic N) is 2. The maximum atomic E-state index is 10.7. The molecule has 4 nitrogen and oxygen atoms in total. The van der Waals surface area contributed by atoms with E-state index in [4.69, 9.17) is 22.0 Å². The van der Waals surface area contributed by atoms with Crippen molar-refractivity contribution >= 4 is 23.3 Å². The highest BCUT2D eigenvalue weighted by Crippen LogP contribution is 2.29. The smallest absolute Gasteiger partial charge is 0.303 e. The zero-order valence-electron chi connectivity index (χ0n) is 10.5. The van der Waals surface area contributed by atoms with Gasteiger partial charge in [0.2, 0.25) is 0 Å². The molecule has 1 aliphatic heterocycles. The van der Waals surface area contributed by atoms with Crippen LogP contribution >= 0.6 is 11.6 Å². The topological polar surface area (TPSA) is 64.3 Å². The van der Waals surface area contributed by atoms with Gasteiger partial charge in [-0.1, -0.05) is 11.6 Å². The molecule has 0 amide bonds. The number of halogens is 1. The summed E-state index contributed by atoms with van der Waals surface area (Å²) >= 11 is 5.98. The van der Waals surface area contributed by atoms with Crippen molar-refractivity contribution in [2.45, 2.75) is 19.3 Å². The molecule has 5 heteroatoms. The van der Waals surface area contributed by atoms with Crippen LogP contribution in [-0.4, -0.2) is 24.2 Å². The summed E-state index contributed by atoms with van der Waals surface area (Å²) in [6.07, 6.45) is 1.90. The Kier molecular flexibility index (Phi) is 4.28. The van der Waals surface area contributed by atoms with Gasteiger partial charge in [0.05, 0.1) is 11.3 Å². The van der Waals surface area contributed by atoms with E-state index >= 15 is 0 Å². The predicted octanol–water partition coefficient (Wildman–Crippen LogP) is 2.90. The highest BCUT2D eigenvalue weighted by Gasteiger charge is 2.22. The molecule has 100 valence electrons. The van der Waals surface area contributed by atoms with Crippen molar-refractivity contribution in [1.29, 1.82) is 5.26 Å². The number of hydrogen-bond donors (Lipinski definition) is 1. The summed E-state index contributed by atoms with van der Waals surface area (Å²) in [6, 6.07) is 7.40. The van der Waals surface area contributed by atoms with E-state index in [-0.39, 0.29) is 12.3 Å². The van der Waals surface area contributed by atoms with Crippen molar-refractivity contribution in [2.75, 3.05) is 18.0 Å². The van der Waals surface area contributed by atoms with Crippen molar-refractivity contribution in [3.8, 4) is 6.07 Å². The summed E-state index contributed by atoms with van der Waals surface area (Å²) in [5.41, 5.74) is 1.46. The number of anilines is 1. The van der Waals surface area contributed by atoms with E-state index in [1.54, 1.807) is 18.2 Å². The Labute approximate surface area is 117 Å². The molecule has 1 N–H and O–H groups in total. The summed E-state index contributed by atoms with van der Waals surface area (Å²) in [6.45, 7) is 1.54. The van der Waals surface area contributed by atoms with Gasteiger partial charge < -0.3 is 10.0 Å². The zero-order valence-corrected chi connectivity index (χ0v) is 11.2. The number of rotatable bonds is 3. The Morgan fingerprint density at radius 1 is 1.47 bits per heavy atom. The van der Waals surface area contributed by atoms with E-state index in [1.165, 1.54) is 0 Å². The molecule has 0 aromatic heterocycles. The standard InChI is InChI=1S/C14H15ClN2O2/c15-12-2-1-11(9-16)13(8-12)17-5-3-10(4-6-17)7-14(18)19/h1-2,8,10H,3-7H2,(H,18,19). The first kappa shape index (κ1) is 13.7. The quantitative estimate of drug-likeness (QED) is 0.923. The fraction of sp³-hybridized carbons (Fsp3) is 0.429. The van der Waals surface area contributed by atoms with Crippen LogP contribution in [-0.2, 0) is 4.79 Å². The summed E-state index contributed by atoms with van der Waals surface area (Å²) in [4.78, 5) is 12.8. The lowest BCUT2D eigenvalue weighted by Crippen LogP contribution is -2.34. The molecule has 0 spiro atoms. The molecule has 0 unspecified atom stereocenters. The molecular formula is C14H15ClN2O2. The summed E-state index contributed by atoms with van der Waals surface area (Å²) < 4.78 is 0. The Bertz CT molecular complexity index is 517. The fourth-order valence-electron chi connectivity index (χ4n) is 2.49. The molecule has 1 aromatic carbocycles. The first-order valence-corrected chi connectivity index (χ1v) is 6.64. The van der Waals surface area contributed by atoms with Crippen molar-refractivity contribution in [3.63, 3.8) is 0 Å². The van der Waals surface area contributed by atoms with Crippen LogP contribution in [0.1, 0.15) is 24.8 Å². The van der Waals surface area contributed by atoms with Gasteiger partial charge in [0.15, 0.2) is 0 Å². The lowest BCUT2D eigenvalue weighted by molar-refractivity contribution is -0.138. The summed E-state index contributed by atoms with van der Waals surface area (Å²) in [5, 5.41) is 18.5. The summed E-state index contributed by atoms with van der Waals surface area (Å²) in [5.74, 6) is -0.502. The highest BCUT2D eigenvalue weighted by molar-refractivity contribution is 6.30.